The number of methoxy groups -OCH3 is 2. The summed E-state index contributed by atoms with van der Waals surface area (Å²) in [6.45, 7) is 5.05. The maximum Gasteiger partial charge on any atom is 0.169 e. The Morgan fingerprint density at radius 2 is 1.65 bits per heavy atom. The number of nitrogens with zero attached hydrogens (tertiary/aromatic N) is 2. The third-order valence-corrected chi connectivity index (χ3v) is 8.60. The van der Waals surface area contributed by atoms with E-state index in [0.29, 0.717) is 29.6 Å². The SMILES string of the molecule is COc1cc2c(c(-c3c(-c4ccccc4)noc3C)c1OC)CC(CC1CCN(Cc3ccccc3)CC1)C2=O. The molecule has 0 spiro atoms. The Balaban J connectivity index is 1.28. The Hall–Kier alpha value is -3.90. The fourth-order valence-electron chi connectivity index (χ4n) is 6.56. The van der Waals surface area contributed by atoms with Gasteiger partial charge in [-0.2, -0.15) is 0 Å². The van der Waals surface area contributed by atoms with Crippen molar-refractivity contribution in [3.63, 3.8) is 0 Å². The van der Waals surface area contributed by atoms with Gasteiger partial charge in [0.05, 0.1) is 19.8 Å². The molecule has 0 bridgehead atoms. The zero-order chi connectivity index (χ0) is 27.6. The van der Waals surface area contributed by atoms with Gasteiger partial charge in [0, 0.05) is 29.2 Å². The van der Waals surface area contributed by atoms with Gasteiger partial charge in [-0.25, -0.2) is 0 Å². The second-order valence-corrected chi connectivity index (χ2v) is 11.0. The number of hydrogen-bond donors (Lipinski definition) is 0. The summed E-state index contributed by atoms with van der Waals surface area (Å²) in [4.78, 5) is 16.4. The predicted molar refractivity (Wildman–Crippen MR) is 156 cm³/mol. The minimum Gasteiger partial charge on any atom is -0.493 e. The van der Waals surface area contributed by atoms with E-state index in [2.05, 4.69) is 40.4 Å². The minimum absolute atomic E-state index is 0.0448. The van der Waals surface area contributed by atoms with Crippen LogP contribution >= 0.6 is 0 Å². The molecule has 1 aromatic heterocycles. The van der Waals surface area contributed by atoms with Gasteiger partial charge >= 0.3 is 0 Å². The molecule has 1 atom stereocenters. The highest BCUT2D eigenvalue weighted by atomic mass is 16.5. The van der Waals surface area contributed by atoms with Crippen LogP contribution < -0.4 is 9.47 Å². The fraction of sp³-hybridized carbons (Fsp3) is 0.353. The van der Waals surface area contributed by atoms with E-state index in [1.54, 1.807) is 14.2 Å². The molecule has 0 saturated carbocycles. The molecule has 2 aliphatic rings. The third-order valence-electron chi connectivity index (χ3n) is 8.60. The van der Waals surface area contributed by atoms with Crippen LogP contribution in [0.15, 0.2) is 71.3 Å². The molecule has 3 aromatic carbocycles. The number of carbonyl (C=O) groups excluding carboxylic acids is 1. The number of fused-ring (bicyclic) bond motifs is 1. The smallest absolute Gasteiger partial charge is 0.169 e. The lowest BCUT2D eigenvalue weighted by Gasteiger charge is -2.33. The van der Waals surface area contributed by atoms with Crippen molar-refractivity contribution in [2.75, 3.05) is 27.3 Å². The fourth-order valence-corrected chi connectivity index (χ4v) is 6.56. The van der Waals surface area contributed by atoms with E-state index >= 15 is 0 Å². The summed E-state index contributed by atoms with van der Waals surface area (Å²) in [5.41, 5.74) is 6.53. The summed E-state index contributed by atoms with van der Waals surface area (Å²) in [5, 5.41) is 4.43. The van der Waals surface area contributed by atoms with Gasteiger partial charge in [0.15, 0.2) is 17.3 Å². The summed E-state index contributed by atoms with van der Waals surface area (Å²) in [7, 11) is 3.27. The first-order valence-electron chi connectivity index (χ1n) is 14.2. The molecule has 2 heterocycles. The van der Waals surface area contributed by atoms with Gasteiger partial charge in [-0.15, -0.1) is 0 Å². The number of piperidine rings is 1. The standard InChI is InChI=1S/C34H36N2O4/c1-22-30(32(35-40-22)25-12-8-5-9-13-25)31-27-19-26(33(37)28(27)20-29(38-2)34(31)39-3)18-23-14-16-36(17-15-23)21-24-10-6-4-7-11-24/h4-13,20,23,26H,14-19,21H2,1-3H3. The van der Waals surface area contributed by atoms with Gasteiger partial charge in [0.2, 0.25) is 0 Å². The van der Waals surface area contributed by atoms with Gasteiger partial charge in [0.25, 0.3) is 0 Å². The van der Waals surface area contributed by atoms with E-state index in [9.17, 15) is 4.79 Å². The maximum absolute atomic E-state index is 13.9. The topological polar surface area (TPSA) is 64.8 Å². The average Bonchev–Trinajstić information content (AvgIpc) is 3.52. The van der Waals surface area contributed by atoms with E-state index in [1.165, 1.54) is 5.56 Å². The lowest BCUT2D eigenvalue weighted by molar-refractivity contribution is 0.0895. The van der Waals surface area contributed by atoms with Gasteiger partial charge < -0.3 is 14.0 Å². The Morgan fingerprint density at radius 3 is 2.33 bits per heavy atom. The van der Waals surface area contributed by atoms with Gasteiger partial charge in [-0.3, -0.25) is 9.69 Å². The van der Waals surface area contributed by atoms with Crippen molar-refractivity contribution in [3.8, 4) is 33.9 Å². The molecular formula is C34H36N2O4. The maximum atomic E-state index is 13.9. The number of aromatic nitrogens is 1. The molecule has 1 aliphatic heterocycles. The molecule has 0 radical (unpaired) electrons. The highest BCUT2D eigenvalue weighted by Crippen LogP contribution is 2.50. The zero-order valence-corrected chi connectivity index (χ0v) is 23.5. The van der Waals surface area contributed by atoms with Crippen molar-refractivity contribution < 1.29 is 18.8 Å². The predicted octanol–water partition coefficient (Wildman–Crippen LogP) is 6.99. The normalized spacial score (nSPS) is 17.7. The summed E-state index contributed by atoms with van der Waals surface area (Å²) >= 11 is 0. The van der Waals surface area contributed by atoms with Crippen LogP contribution in [-0.2, 0) is 13.0 Å². The third kappa shape index (κ3) is 4.92. The minimum atomic E-state index is -0.0448. The van der Waals surface area contributed by atoms with E-state index in [-0.39, 0.29) is 11.7 Å². The highest BCUT2D eigenvalue weighted by molar-refractivity contribution is 6.06. The van der Waals surface area contributed by atoms with Crippen LogP contribution in [0.4, 0.5) is 0 Å². The zero-order valence-electron chi connectivity index (χ0n) is 23.5. The molecule has 0 amide bonds. The molecule has 0 N–H and O–H groups in total. The van der Waals surface area contributed by atoms with E-state index < -0.39 is 0 Å². The first-order valence-corrected chi connectivity index (χ1v) is 14.2. The molecule has 1 saturated heterocycles. The van der Waals surface area contributed by atoms with Crippen molar-refractivity contribution in [2.24, 2.45) is 11.8 Å². The van der Waals surface area contributed by atoms with Crippen molar-refractivity contribution >= 4 is 5.78 Å². The van der Waals surface area contributed by atoms with Crippen molar-refractivity contribution in [1.82, 2.24) is 10.1 Å². The molecule has 1 unspecified atom stereocenters. The van der Waals surface area contributed by atoms with Gasteiger partial charge in [0.1, 0.15) is 11.5 Å². The van der Waals surface area contributed by atoms with E-state index in [4.69, 9.17) is 14.0 Å². The second kappa shape index (κ2) is 11.3. The first-order chi connectivity index (χ1) is 19.6. The Labute approximate surface area is 235 Å². The number of rotatable bonds is 8. The molecular weight excluding hydrogens is 500 g/mol. The highest BCUT2D eigenvalue weighted by Gasteiger charge is 2.38. The lowest BCUT2D eigenvalue weighted by atomic mass is 9.85. The largest absolute Gasteiger partial charge is 0.493 e. The molecule has 206 valence electrons. The molecule has 1 aliphatic carbocycles. The summed E-state index contributed by atoms with van der Waals surface area (Å²) in [5.74, 6) is 2.57. The van der Waals surface area contributed by atoms with Crippen molar-refractivity contribution in [1.29, 1.82) is 0 Å². The number of ketones is 1. The summed E-state index contributed by atoms with van der Waals surface area (Å²) < 4.78 is 17.4. The van der Waals surface area contributed by atoms with Crippen LogP contribution in [0.2, 0.25) is 0 Å². The van der Waals surface area contributed by atoms with Crippen LogP contribution in [0.25, 0.3) is 22.4 Å². The number of benzene rings is 3. The van der Waals surface area contributed by atoms with Crippen LogP contribution in [0.5, 0.6) is 11.5 Å². The second-order valence-electron chi connectivity index (χ2n) is 11.0. The van der Waals surface area contributed by atoms with Crippen LogP contribution in [0.1, 0.15) is 46.5 Å². The van der Waals surface area contributed by atoms with Crippen molar-refractivity contribution in [2.45, 2.75) is 39.2 Å². The monoisotopic (exact) mass is 536 g/mol. The number of hydrogen-bond acceptors (Lipinski definition) is 6. The van der Waals surface area contributed by atoms with Crippen LogP contribution in [-0.4, -0.2) is 43.1 Å². The molecule has 1 fully saturated rings. The summed E-state index contributed by atoms with van der Waals surface area (Å²) in [6.07, 6.45) is 3.84. The molecule has 4 aromatic rings. The van der Waals surface area contributed by atoms with E-state index in [1.807, 2.05) is 43.3 Å². The Kier molecular flexibility index (Phi) is 7.44. The number of carbonyl (C=O) groups is 1. The lowest BCUT2D eigenvalue weighted by Crippen LogP contribution is -2.34. The van der Waals surface area contributed by atoms with Crippen molar-refractivity contribution in [3.05, 3.63) is 89.2 Å². The number of aryl methyl sites for hydroxylation is 1. The average molecular weight is 537 g/mol. The van der Waals surface area contributed by atoms with Gasteiger partial charge in [-0.05, 0) is 68.8 Å². The molecule has 6 heteroatoms. The quantitative estimate of drug-likeness (QED) is 0.242. The number of ether oxygens (including phenoxy) is 2. The molecule has 6 nitrogen and oxygen atoms in total. The number of likely N-dealkylation sites (tertiary alicyclic amines) is 1. The first kappa shape index (κ1) is 26.3. The Bertz CT molecular complexity index is 1490. The number of Topliss-reactive ketones (excluding diaryl/α,β-unsaturated/α-hetero) is 1. The van der Waals surface area contributed by atoms with Crippen LogP contribution in [0.3, 0.4) is 0 Å². The summed E-state index contributed by atoms with van der Waals surface area (Å²) in [6, 6.07) is 22.5. The van der Waals surface area contributed by atoms with Gasteiger partial charge in [-0.1, -0.05) is 65.8 Å². The molecule has 40 heavy (non-hydrogen) atoms. The molecule has 6 rings (SSSR count). The van der Waals surface area contributed by atoms with E-state index in [0.717, 1.165) is 72.4 Å². The Morgan fingerprint density at radius 1 is 0.950 bits per heavy atom. The van der Waals surface area contributed by atoms with Crippen LogP contribution in [0, 0.1) is 18.8 Å².